The van der Waals surface area contributed by atoms with Gasteiger partial charge in [-0.1, -0.05) is 32.0 Å². The number of hydrogen-bond donors (Lipinski definition) is 0. The van der Waals surface area contributed by atoms with Gasteiger partial charge in [-0.25, -0.2) is 0 Å². The predicted octanol–water partition coefficient (Wildman–Crippen LogP) is 4.54. The molecule has 2 aromatic rings. The summed E-state index contributed by atoms with van der Waals surface area (Å²) in [7, 11) is 0. The number of fused-ring (bicyclic) bond motifs is 1. The summed E-state index contributed by atoms with van der Waals surface area (Å²) in [5.41, 5.74) is 1.18. The van der Waals surface area contributed by atoms with Crippen molar-refractivity contribution in [3.8, 4) is 5.75 Å². The number of carbonyl (C=O) groups excluding carboxylic acids is 2. The summed E-state index contributed by atoms with van der Waals surface area (Å²) in [6.07, 6.45) is 3.70. The Kier molecular flexibility index (Phi) is 6.96. The lowest BCUT2D eigenvalue weighted by molar-refractivity contribution is -0.143. The molecule has 166 valence electrons. The molecule has 4 rings (SSSR count). The fourth-order valence-electron chi connectivity index (χ4n) is 4.09. The maximum Gasteiger partial charge on any atom is 0.242 e. The second-order valence-electron chi connectivity index (χ2n) is 8.99. The third kappa shape index (κ3) is 5.48. The van der Waals surface area contributed by atoms with Crippen molar-refractivity contribution in [1.29, 1.82) is 0 Å². The molecule has 2 amide bonds. The van der Waals surface area contributed by atoms with Gasteiger partial charge in [0.25, 0.3) is 0 Å². The number of hydrogen-bond acceptors (Lipinski definition) is 4. The first kappa shape index (κ1) is 21.9. The third-order valence-electron chi connectivity index (χ3n) is 6.11. The number of amides is 2. The zero-order valence-electron chi connectivity index (χ0n) is 18.5. The van der Waals surface area contributed by atoms with E-state index in [1.807, 2.05) is 35.2 Å². The number of para-hydroxylation sites is 1. The van der Waals surface area contributed by atoms with E-state index < -0.39 is 0 Å². The molecule has 1 aromatic heterocycles. The van der Waals surface area contributed by atoms with Crippen molar-refractivity contribution in [1.82, 2.24) is 9.80 Å². The van der Waals surface area contributed by atoms with E-state index in [2.05, 4.69) is 25.3 Å². The summed E-state index contributed by atoms with van der Waals surface area (Å²) in [6, 6.07) is 11.7. The number of carbonyl (C=O) groups is 2. The topological polar surface area (TPSA) is 49.9 Å². The van der Waals surface area contributed by atoms with Gasteiger partial charge in [0.05, 0.1) is 12.6 Å². The fourth-order valence-corrected chi connectivity index (χ4v) is 5.02. The van der Waals surface area contributed by atoms with Crippen molar-refractivity contribution in [2.75, 3.05) is 26.2 Å². The van der Waals surface area contributed by atoms with E-state index in [0.29, 0.717) is 25.6 Å². The Morgan fingerprint density at radius 1 is 1.19 bits per heavy atom. The summed E-state index contributed by atoms with van der Waals surface area (Å²) in [5.74, 6) is 1.61. The average molecular weight is 441 g/mol. The molecule has 0 unspecified atom stereocenters. The summed E-state index contributed by atoms with van der Waals surface area (Å²) in [6.45, 7) is 6.22. The van der Waals surface area contributed by atoms with Gasteiger partial charge in [-0.05, 0) is 60.7 Å². The average Bonchev–Trinajstić information content (AvgIpc) is 3.51. The molecule has 6 heteroatoms. The van der Waals surface area contributed by atoms with E-state index in [1.54, 1.807) is 16.2 Å². The van der Waals surface area contributed by atoms with Crippen LogP contribution >= 0.6 is 11.3 Å². The number of benzene rings is 1. The van der Waals surface area contributed by atoms with Crippen LogP contribution in [-0.4, -0.2) is 47.9 Å². The van der Waals surface area contributed by atoms with Crippen molar-refractivity contribution < 1.29 is 14.3 Å². The van der Waals surface area contributed by atoms with Crippen LogP contribution in [0.2, 0.25) is 0 Å². The predicted molar refractivity (Wildman–Crippen MR) is 123 cm³/mol. The Hall–Kier alpha value is -2.34. The molecule has 1 saturated carbocycles. The standard InChI is InChI=1S/C25H32N2O3S/c1-18(2)10-13-26(25(29)19-8-9-19)16-24(28)27-14-11-23-21(12-15-31-23)22(27)17-30-20-6-4-3-5-7-20/h3-7,12,15,18-19,22H,8-11,13-14,16-17H2,1-2H3/t22-/m0/s1. The molecule has 0 bridgehead atoms. The van der Waals surface area contributed by atoms with Gasteiger partial charge in [-0.3, -0.25) is 9.59 Å². The van der Waals surface area contributed by atoms with E-state index >= 15 is 0 Å². The molecule has 0 saturated heterocycles. The second-order valence-corrected chi connectivity index (χ2v) is 9.99. The molecular weight excluding hydrogens is 408 g/mol. The smallest absolute Gasteiger partial charge is 0.242 e. The molecule has 2 heterocycles. The van der Waals surface area contributed by atoms with Crippen LogP contribution in [0.1, 0.15) is 49.6 Å². The highest BCUT2D eigenvalue weighted by Gasteiger charge is 2.37. The minimum atomic E-state index is -0.120. The summed E-state index contributed by atoms with van der Waals surface area (Å²) in [5, 5.41) is 2.10. The summed E-state index contributed by atoms with van der Waals surface area (Å²) >= 11 is 1.75. The van der Waals surface area contributed by atoms with Crippen molar-refractivity contribution in [2.24, 2.45) is 11.8 Å². The molecule has 1 aliphatic carbocycles. The van der Waals surface area contributed by atoms with Crippen LogP contribution in [0.5, 0.6) is 5.75 Å². The number of thiophene rings is 1. The van der Waals surface area contributed by atoms with Crippen molar-refractivity contribution in [2.45, 2.75) is 45.6 Å². The Labute approximate surface area is 189 Å². The maximum atomic E-state index is 13.4. The lowest BCUT2D eigenvalue weighted by Gasteiger charge is -2.37. The van der Waals surface area contributed by atoms with Gasteiger partial charge in [-0.15, -0.1) is 11.3 Å². The van der Waals surface area contributed by atoms with E-state index in [1.165, 1.54) is 10.4 Å². The molecular formula is C25H32N2O3S. The molecule has 2 aliphatic rings. The Bertz CT molecular complexity index is 891. The van der Waals surface area contributed by atoms with Crippen LogP contribution in [0.4, 0.5) is 0 Å². The van der Waals surface area contributed by atoms with Gasteiger partial charge in [0.2, 0.25) is 11.8 Å². The van der Waals surface area contributed by atoms with Gasteiger partial charge in [0.15, 0.2) is 0 Å². The molecule has 0 N–H and O–H groups in total. The lowest BCUT2D eigenvalue weighted by atomic mass is 10.00. The number of ether oxygens (including phenoxy) is 1. The third-order valence-corrected chi connectivity index (χ3v) is 7.10. The molecule has 1 aliphatic heterocycles. The highest BCUT2D eigenvalue weighted by atomic mass is 32.1. The molecule has 5 nitrogen and oxygen atoms in total. The van der Waals surface area contributed by atoms with Crippen LogP contribution in [0.15, 0.2) is 41.8 Å². The Balaban J connectivity index is 1.48. The van der Waals surface area contributed by atoms with Crippen LogP contribution in [0.25, 0.3) is 0 Å². The van der Waals surface area contributed by atoms with Crippen molar-refractivity contribution >= 4 is 23.2 Å². The van der Waals surface area contributed by atoms with E-state index in [9.17, 15) is 9.59 Å². The zero-order valence-corrected chi connectivity index (χ0v) is 19.3. The van der Waals surface area contributed by atoms with E-state index in [-0.39, 0.29) is 30.3 Å². The number of rotatable bonds is 9. The molecule has 1 fully saturated rings. The Morgan fingerprint density at radius 2 is 1.97 bits per heavy atom. The lowest BCUT2D eigenvalue weighted by Crippen LogP contribution is -2.48. The van der Waals surface area contributed by atoms with Gasteiger partial charge in [-0.2, -0.15) is 0 Å². The minimum absolute atomic E-state index is 0.0243. The molecule has 0 spiro atoms. The van der Waals surface area contributed by atoms with Crippen LogP contribution in [0, 0.1) is 11.8 Å². The first-order valence-corrected chi connectivity index (χ1v) is 12.2. The van der Waals surface area contributed by atoms with Gasteiger partial charge >= 0.3 is 0 Å². The SMILES string of the molecule is CC(C)CCN(CC(=O)N1CCc2sccc2[C@@H]1COc1ccccc1)C(=O)C1CC1. The molecule has 31 heavy (non-hydrogen) atoms. The van der Waals surface area contributed by atoms with E-state index in [0.717, 1.165) is 31.4 Å². The van der Waals surface area contributed by atoms with Crippen molar-refractivity contribution in [3.63, 3.8) is 0 Å². The Morgan fingerprint density at radius 3 is 2.68 bits per heavy atom. The van der Waals surface area contributed by atoms with Crippen LogP contribution in [0.3, 0.4) is 0 Å². The van der Waals surface area contributed by atoms with Crippen LogP contribution in [-0.2, 0) is 16.0 Å². The number of nitrogens with zero attached hydrogens (tertiary/aromatic N) is 2. The summed E-state index contributed by atoms with van der Waals surface area (Å²) in [4.78, 5) is 31.3. The molecule has 1 atom stereocenters. The second kappa shape index (κ2) is 9.86. The van der Waals surface area contributed by atoms with Crippen molar-refractivity contribution in [3.05, 3.63) is 52.2 Å². The highest BCUT2D eigenvalue weighted by Crippen LogP contribution is 2.35. The molecule has 0 radical (unpaired) electrons. The minimum Gasteiger partial charge on any atom is -0.491 e. The van der Waals surface area contributed by atoms with Gasteiger partial charge < -0.3 is 14.5 Å². The maximum absolute atomic E-state index is 13.4. The zero-order chi connectivity index (χ0) is 21.8. The van der Waals surface area contributed by atoms with Gasteiger partial charge in [0, 0.05) is 23.9 Å². The molecule has 1 aromatic carbocycles. The first-order chi connectivity index (χ1) is 15.0. The normalized spacial score (nSPS) is 18.0. The quantitative estimate of drug-likeness (QED) is 0.575. The largest absolute Gasteiger partial charge is 0.491 e. The summed E-state index contributed by atoms with van der Waals surface area (Å²) < 4.78 is 6.06. The van der Waals surface area contributed by atoms with E-state index in [4.69, 9.17) is 4.74 Å². The first-order valence-electron chi connectivity index (χ1n) is 11.3. The van der Waals surface area contributed by atoms with Gasteiger partial charge in [0.1, 0.15) is 12.4 Å². The highest BCUT2D eigenvalue weighted by molar-refractivity contribution is 7.10. The van der Waals surface area contributed by atoms with Crippen LogP contribution < -0.4 is 4.74 Å². The fraction of sp³-hybridized carbons (Fsp3) is 0.520. The monoisotopic (exact) mass is 440 g/mol.